The standard InChI is InChI=1S/C16H12ClNO/c1-2-12-4-3-5-15(10-12)18-16(19)11-13-6-8-14(17)9-7-13/h1,3-10H,11H2,(H,18,19). The minimum absolute atomic E-state index is 0.0866. The molecule has 0 heterocycles. The van der Waals surface area contributed by atoms with Crippen LogP contribution in [0.2, 0.25) is 5.02 Å². The molecule has 19 heavy (non-hydrogen) atoms. The Hall–Kier alpha value is -2.24. The summed E-state index contributed by atoms with van der Waals surface area (Å²) in [4.78, 5) is 11.9. The van der Waals surface area contributed by atoms with Crippen molar-refractivity contribution in [3.8, 4) is 12.3 Å². The van der Waals surface area contributed by atoms with Crippen LogP contribution in [-0.4, -0.2) is 5.91 Å². The molecule has 0 aliphatic rings. The zero-order valence-corrected chi connectivity index (χ0v) is 10.9. The summed E-state index contributed by atoms with van der Waals surface area (Å²) in [7, 11) is 0. The van der Waals surface area contributed by atoms with Gasteiger partial charge in [0.1, 0.15) is 0 Å². The number of halogens is 1. The summed E-state index contributed by atoms with van der Waals surface area (Å²) in [5.41, 5.74) is 2.36. The quantitative estimate of drug-likeness (QED) is 0.849. The number of carbonyl (C=O) groups excluding carboxylic acids is 1. The van der Waals surface area contributed by atoms with Crippen LogP contribution in [0.4, 0.5) is 5.69 Å². The molecule has 0 saturated carbocycles. The molecular weight excluding hydrogens is 258 g/mol. The average molecular weight is 270 g/mol. The Bertz CT molecular complexity index is 626. The third-order valence-corrected chi connectivity index (χ3v) is 2.84. The van der Waals surface area contributed by atoms with Gasteiger partial charge in [-0.2, -0.15) is 0 Å². The van der Waals surface area contributed by atoms with Crippen LogP contribution in [-0.2, 0) is 11.2 Å². The van der Waals surface area contributed by atoms with Crippen LogP contribution in [0, 0.1) is 12.3 Å². The number of terminal acetylenes is 1. The zero-order valence-electron chi connectivity index (χ0n) is 10.2. The first-order chi connectivity index (χ1) is 9.17. The van der Waals surface area contributed by atoms with Crippen molar-refractivity contribution < 1.29 is 4.79 Å². The van der Waals surface area contributed by atoms with E-state index in [0.717, 1.165) is 11.1 Å². The first-order valence-corrected chi connectivity index (χ1v) is 6.16. The normalized spacial score (nSPS) is 9.68. The van der Waals surface area contributed by atoms with Gasteiger partial charge >= 0.3 is 0 Å². The zero-order chi connectivity index (χ0) is 13.7. The van der Waals surface area contributed by atoms with E-state index in [2.05, 4.69) is 11.2 Å². The van der Waals surface area contributed by atoms with Crippen LogP contribution in [0.5, 0.6) is 0 Å². The highest BCUT2D eigenvalue weighted by molar-refractivity contribution is 6.30. The van der Waals surface area contributed by atoms with Gasteiger partial charge < -0.3 is 5.32 Å². The Morgan fingerprint density at radius 3 is 2.63 bits per heavy atom. The summed E-state index contributed by atoms with van der Waals surface area (Å²) in [6.07, 6.45) is 5.62. The van der Waals surface area contributed by atoms with Gasteiger partial charge in [-0.15, -0.1) is 6.42 Å². The summed E-state index contributed by atoms with van der Waals surface area (Å²) < 4.78 is 0. The van der Waals surface area contributed by atoms with Gasteiger partial charge in [-0.3, -0.25) is 4.79 Å². The minimum atomic E-state index is -0.0866. The van der Waals surface area contributed by atoms with E-state index < -0.39 is 0 Å². The molecule has 0 spiro atoms. The predicted octanol–water partition coefficient (Wildman–Crippen LogP) is 3.50. The van der Waals surface area contributed by atoms with Crippen LogP contribution in [0.25, 0.3) is 0 Å². The molecule has 2 rings (SSSR count). The van der Waals surface area contributed by atoms with Crippen LogP contribution in [0.3, 0.4) is 0 Å². The number of rotatable bonds is 3. The fourth-order valence-electron chi connectivity index (χ4n) is 1.68. The third kappa shape index (κ3) is 3.87. The van der Waals surface area contributed by atoms with E-state index in [1.54, 1.807) is 24.3 Å². The molecule has 0 saturated heterocycles. The molecule has 0 aliphatic heterocycles. The summed E-state index contributed by atoms with van der Waals surface area (Å²) in [5, 5.41) is 3.47. The van der Waals surface area contributed by atoms with Crippen LogP contribution >= 0.6 is 11.6 Å². The number of hydrogen-bond donors (Lipinski definition) is 1. The number of benzene rings is 2. The van der Waals surface area contributed by atoms with Crippen LogP contribution in [0.1, 0.15) is 11.1 Å². The summed E-state index contributed by atoms with van der Waals surface area (Å²) >= 11 is 5.79. The van der Waals surface area contributed by atoms with Gasteiger partial charge in [0.15, 0.2) is 0 Å². The SMILES string of the molecule is C#Cc1cccc(NC(=O)Cc2ccc(Cl)cc2)c1. The molecule has 94 valence electrons. The maximum Gasteiger partial charge on any atom is 0.228 e. The lowest BCUT2D eigenvalue weighted by molar-refractivity contribution is -0.115. The summed E-state index contributed by atoms with van der Waals surface area (Å²) in [6, 6.07) is 14.4. The molecule has 0 aromatic heterocycles. The lowest BCUT2D eigenvalue weighted by Crippen LogP contribution is -2.14. The van der Waals surface area contributed by atoms with Crippen molar-refractivity contribution in [1.82, 2.24) is 0 Å². The molecule has 2 aromatic rings. The first kappa shape index (κ1) is 13.2. The fourth-order valence-corrected chi connectivity index (χ4v) is 1.81. The lowest BCUT2D eigenvalue weighted by atomic mass is 10.1. The molecule has 2 aromatic carbocycles. The van der Waals surface area contributed by atoms with Gasteiger partial charge in [-0.05, 0) is 35.9 Å². The van der Waals surface area contributed by atoms with Crippen molar-refractivity contribution in [2.24, 2.45) is 0 Å². The van der Waals surface area contributed by atoms with Crippen molar-refractivity contribution in [2.75, 3.05) is 5.32 Å². The van der Waals surface area contributed by atoms with E-state index in [1.807, 2.05) is 24.3 Å². The van der Waals surface area contributed by atoms with Crippen LogP contribution in [0.15, 0.2) is 48.5 Å². The van der Waals surface area contributed by atoms with E-state index in [9.17, 15) is 4.79 Å². The Labute approximate surface area is 117 Å². The van der Waals surface area contributed by atoms with Gasteiger partial charge in [-0.1, -0.05) is 35.7 Å². The topological polar surface area (TPSA) is 29.1 Å². The number of amides is 1. The third-order valence-electron chi connectivity index (χ3n) is 2.59. The highest BCUT2D eigenvalue weighted by Gasteiger charge is 2.04. The Morgan fingerprint density at radius 2 is 1.95 bits per heavy atom. The van der Waals surface area contributed by atoms with Gasteiger partial charge in [0.25, 0.3) is 0 Å². The maximum absolute atomic E-state index is 11.9. The van der Waals surface area contributed by atoms with Crippen molar-refractivity contribution in [3.05, 3.63) is 64.7 Å². The Balaban J connectivity index is 2.01. The van der Waals surface area contributed by atoms with E-state index in [-0.39, 0.29) is 5.91 Å². The van der Waals surface area contributed by atoms with Crippen molar-refractivity contribution in [1.29, 1.82) is 0 Å². The minimum Gasteiger partial charge on any atom is -0.326 e. The highest BCUT2D eigenvalue weighted by Crippen LogP contribution is 2.12. The van der Waals surface area contributed by atoms with Crippen molar-refractivity contribution >= 4 is 23.2 Å². The molecule has 0 fully saturated rings. The number of hydrogen-bond acceptors (Lipinski definition) is 1. The van der Waals surface area contributed by atoms with Crippen molar-refractivity contribution in [3.63, 3.8) is 0 Å². The van der Waals surface area contributed by atoms with Gasteiger partial charge in [0.05, 0.1) is 6.42 Å². The molecule has 0 radical (unpaired) electrons. The molecule has 0 aliphatic carbocycles. The second-order valence-corrected chi connectivity index (χ2v) is 4.51. The van der Waals surface area contributed by atoms with E-state index in [0.29, 0.717) is 17.1 Å². The van der Waals surface area contributed by atoms with E-state index in [1.165, 1.54) is 0 Å². The molecule has 0 unspecified atom stereocenters. The lowest BCUT2D eigenvalue weighted by Gasteiger charge is -2.06. The van der Waals surface area contributed by atoms with Gasteiger partial charge in [0.2, 0.25) is 5.91 Å². The Kier molecular flexibility index (Phi) is 4.22. The average Bonchev–Trinajstić information content (AvgIpc) is 2.41. The van der Waals surface area contributed by atoms with E-state index >= 15 is 0 Å². The largest absolute Gasteiger partial charge is 0.326 e. The predicted molar refractivity (Wildman–Crippen MR) is 78.2 cm³/mol. The highest BCUT2D eigenvalue weighted by atomic mass is 35.5. The van der Waals surface area contributed by atoms with Crippen LogP contribution < -0.4 is 5.32 Å². The molecule has 2 nitrogen and oxygen atoms in total. The van der Waals surface area contributed by atoms with E-state index in [4.69, 9.17) is 18.0 Å². The Morgan fingerprint density at radius 1 is 1.21 bits per heavy atom. The molecule has 0 atom stereocenters. The molecule has 0 bridgehead atoms. The monoisotopic (exact) mass is 269 g/mol. The van der Waals surface area contributed by atoms with Crippen molar-refractivity contribution in [2.45, 2.75) is 6.42 Å². The summed E-state index contributed by atoms with van der Waals surface area (Å²) in [5.74, 6) is 2.44. The number of anilines is 1. The smallest absolute Gasteiger partial charge is 0.228 e. The van der Waals surface area contributed by atoms with Gasteiger partial charge in [-0.25, -0.2) is 0 Å². The summed E-state index contributed by atoms with van der Waals surface area (Å²) in [6.45, 7) is 0. The van der Waals surface area contributed by atoms with Gasteiger partial charge in [0, 0.05) is 16.3 Å². The second-order valence-electron chi connectivity index (χ2n) is 4.08. The fraction of sp³-hybridized carbons (Fsp3) is 0.0625. The first-order valence-electron chi connectivity index (χ1n) is 5.78. The molecular formula is C16H12ClNO. The number of nitrogens with one attached hydrogen (secondary N) is 1. The second kappa shape index (κ2) is 6.08. The molecule has 1 amide bonds. The molecule has 1 N–H and O–H groups in total. The number of carbonyl (C=O) groups is 1. The maximum atomic E-state index is 11.9. The molecule has 3 heteroatoms.